The molecule has 4 rings (SSSR count). The van der Waals surface area contributed by atoms with Gasteiger partial charge in [0, 0.05) is 29.7 Å². The van der Waals surface area contributed by atoms with Gasteiger partial charge in [-0.3, -0.25) is 14.5 Å². The lowest BCUT2D eigenvalue weighted by molar-refractivity contribution is -0.153. The molecule has 2 saturated heterocycles. The first-order valence-corrected chi connectivity index (χ1v) is 10.9. The number of halogens is 1. The third kappa shape index (κ3) is 2.76. The van der Waals surface area contributed by atoms with Gasteiger partial charge in [0.25, 0.3) is 0 Å². The van der Waals surface area contributed by atoms with Crippen LogP contribution in [0, 0.1) is 5.41 Å². The third-order valence-electron chi connectivity index (χ3n) is 6.66. The van der Waals surface area contributed by atoms with Crippen molar-refractivity contribution >= 4 is 46.4 Å². The fourth-order valence-electron chi connectivity index (χ4n) is 5.00. The molecule has 3 atom stereocenters. The van der Waals surface area contributed by atoms with Gasteiger partial charge >= 0.3 is 0 Å². The molecule has 2 amide bonds. The molecule has 0 aliphatic carbocycles. The number of carbonyl (C=O) groups excluding carboxylic acids is 2. The van der Waals surface area contributed by atoms with Crippen LogP contribution in [-0.4, -0.2) is 40.5 Å². The smallest absolute Gasteiger partial charge is 0.247 e. The predicted octanol–water partition coefficient (Wildman–Crippen LogP) is 3.67. The number of benzene rings is 1. The zero-order valence-corrected chi connectivity index (χ0v) is 17.9. The average molecular weight is 420 g/mol. The summed E-state index contributed by atoms with van der Waals surface area (Å²) in [4.78, 5) is 31.2. The molecule has 2 fully saturated rings. The largest absolute Gasteiger partial charge is 0.367 e. The van der Waals surface area contributed by atoms with Gasteiger partial charge in [0.1, 0.15) is 0 Å². The normalized spacial score (nSPS) is 28.5. The lowest BCUT2D eigenvalue weighted by Gasteiger charge is -2.53. The number of rotatable bonds is 2. The molecule has 28 heavy (non-hydrogen) atoms. The number of anilines is 1. The maximum absolute atomic E-state index is 13.9. The van der Waals surface area contributed by atoms with Crippen LogP contribution < -0.4 is 10.2 Å². The molecular weight excluding hydrogens is 394 g/mol. The first-order valence-electron chi connectivity index (χ1n) is 10.1. The molecule has 0 aromatic heterocycles. The highest BCUT2D eigenvalue weighted by Gasteiger charge is 2.61. The molecule has 5 nitrogen and oxygen atoms in total. The monoisotopic (exact) mass is 419 g/mol. The van der Waals surface area contributed by atoms with Crippen LogP contribution in [-0.2, 0) is 16.0 Å². The number of hydrogen-bond acceptors (Lipinski definition) is 4. The second-order valence-electron chi connectivity index (χ2n) is 8.14. The summed E-state index contributed by atoms with van der Waals surface area (Å²) in [6.45, 7) is 4.83. The first kappa shape index (κ1) is 19.6. The van der Waals surface area contributed by atoms with Crippen molar-refractivity contribution in [2.75, 3.05) is 11.4 Å². The highest BCUT2D eigenvalue weighted by Crippen LogP contribution is 2.49. The van der Waals surface area contributed by atoms with Gasteiger partial charge in [-0.25, -0.2) is 0 Å². The van der Waals surface area contributed by atoms with Crippen LogP contribution >= 0.6 is 23.8 Å². The lowest BCUT2D eigenvalue weighted by Crippen LogP contribution is -2.73. The molecule has 1 N–H and O–H groups in total. The van der Waals surface area contributed by atoms with Gasteiger partial charge in [-0.1, -0.05) is 37.4 Å². The summed E-state index contributed by atoms with van der Waals surface area (Å²) < 4.78 is 0. The standard InChI is InChI=1S/C21H26ClN3O2S/c1-3-13(2)25-19(27)21(18(26)23-20(25)28)12-14-15(22)8-7-9-16(14)24-11-6-4-5-10-17(21)24/h7-9,13,17H,3-6,10-12H2,1-2H3,(H,23,26,28)/t13-,17+,21+/m0/s1. The molecule has 150 valence electrons. The quantitative estimate of drug-likeness (QED) is 0.587. The van der Waals surface area contributed by atoms with E-state index in [0.717, 1.165) is 49.9 Å². The number of hydrogen-bond donors (Lipinski definition) is 1. The topological polar surface area (TPSA) is 52.7 Å². The molecule has 0 saturated carbocycles. The predicted molar refractivity (Wildman–Crippen MR) is 115 cm³/mol. The van der Waals surface area contributed by atoms with Crippen molar-refractivity contribution in [3.05, 3.63) is 28.8 Å². The Bertz CT molecular complexity index is 845. The Balaban J connectivity index is 1.90. The molecule has 0 bridgehead atoms. The second kappa shape index (κ2) is 7.30. The fraction of sp³-hybridized carbons (Fsp3) is 0.571. The van der Waals surface area contributed by atoms with Gasteiger partial charge in [0.15, 0.2) is 10.5 Å². The molecular formula is C21H26ClN3O2S. The van der Waals surface area contributed by atoms with E-state index < -0.39 is 5.41 Å². The van der Waals surface area contributed by atoms with Gasteiger partial charge in [0.2, 0.25) is 11.8 Å². The molecule has 3 aliphatic heterocycles. The number of amides is 2. The van der Waals surface area contributed by atoms with Crippen LogP contribution in [0.5, 0.6) is 0 Å². The molecule has 1 aromatic rings. The Morgan fingerprint density at radius 2 is 2.11 bits per heavy atom. The van der Waals surface area contributed by atoms with Crippen LogP contribution in [0.4, 0.5) is 5.69 Å². The highest BCUT2D eigenvalue weighted by atomic mass is 35.5. The average Bonchev–Trinajstić information content (AvgIpc) is 2.93. The number of fused-ring (bicyclic) bond motifs is 4. The van der Waals surface area contributed by atoms with Gasteiger partial charge in [-0.05, 0) is 56.1 Å². The number of thiocarbonyl (C=S) groups is 1. The molecule has 3 aliphatic rings. The van der Waals surface area contributed by atoms with Crippen molar-refractivity contribution < 1.29 is 9.59 Å². The molecule has 1 spiro atoms. The van der Waals surface area contributed by atoms with E-state index in [1.54, 1.807) is 4.90 Å². The number of carbonyl (C=O) groups is 2. The number of nitrogens with one attached hydrogen (secondary N) is 1. The van der Waals surface area contributed by atoms with E-state index >= 15 is 0 Å². The van der Waals surface area contributed by atoms with E-state index in [-0.39, 0.29) is 29.0 Å². The van der Waals surface area contributed by atoms with Crippen molar-refractivity contribution in [2.45, 2.75) is 64.5 Å². The molecule has 7 heteroatoms. The van der Waals surface area contributed by atoms with E-state index in [1.807, 2.05) is 26.0 Å². The maximum atomic E-state index is 13.9. The fourth-order valence-corrected chi connectivity index (χ4v) is 5.59. The SMILES string of the molecule is CC[C@H](C)N1C(=O)[C@@]2(Cc3c(Cl)cccc3N3CCCCC[C@@H]32)C(=O)NC1=S. The zero-order chi connectivity index (χ0) is 20.1. The Kier molecular flexibility index (Phi) is 5.12. The van der Waals surface area contributed by atoms with E-state index in [1.165, 1.54) is 0 Å². The first-order chi connectivity index (χ1) is 13.4. The highest BCUT2D eigenvalue weighted by molar-refractivity contribution is 7.80. The maximum Gasteiger partial charge on any atom is 0.247 e. The molecule has 1 aromatic carbocycles. The van der Waals surface area contributed by atoms with Crippen molar-refractivity contribution in [1.29, 1.82) is 0 Å². The second-order valence-corrected chi connectivity index (χ2v) is 8.93. The lowest BCUT2D eigenvalue weighted by atomic mass is 9.67. The van der Waals surface area contributed by atoms with Crippen LogP contribution in [0.1, 0.15) is 51.5 Å². The van der Waals surface area contributed by atoms with Crippen LogP contribution in [0.15, 0.2) is 18.2 Å². The Labute approximate surface area is 176 Å². The summed E-state index contributed by atoms with van der Waals surface area (Å²) in [5.41, 5.74) is 0.769. The van der Waals surface area contributed by atoms with E-state index in [0.29, 0.717) is 11.4 Å². The minimum atomic E-state index is -1.19. The van der Waals surface area contributed by atoms with Crippen molar-refractivity contribution in [1.82, 2.24) is 10.2 Å². The van der Waals surface area contributed by atoms with E-state index in [2.05, 4.69) is 16.3 Å². The number of nitrogens with zero attached hydrogens (tertiary/aromatic N) is 2. The van der Waals surface area contributed by atoms with Crippen molar-refractivity contribution in [3.8, 4) is 0 Å². The molecule has 3 heterocycles. The van der Waals surface area contributed by atoms with E-state index in [9.17, 15) is 9.59 Å². The summed E-state index contributed by atoms with van der Waals surface area (Å²) in [6.07, 6.45) is 5.05. The Morgan fingerprint density at radius 3 is 2.86 bits per heavy atom. The van der Waals surface area contributed by atoms with E-state index in [4.69, 9.17) is 23.8 Å². The van der Waals surface area contributed by atoms with Crippen LogP contribution in [0.25, 0.3) is 0 Å². The van der Waals surface area contributed by atoms with Crippen LogP contribution in [0.2, 0.25) is 5.02 Å². The minimum Gasteiger partial charge on any atom is -0.367 e. The van der Waals surface area contributed by atoms with Crippen molar-refractivity contribution in [2.24, 2.45) is 5.41 Å². The summed E-state index contributed by atoms with van der Waals surface area (Å²) >= 11 is 11.9. The van der Waals surface area contributed by atoms with Crippen LogP contribution in [0.3, 0.4) is 0 Å². The van der Waals surface area contributed by atoms with Gasteiger partial charge in [-0.15, -0.1) is 0 Å². The van der Waals surface area contributed by atoms with Crippen molar-refractivity contribution in [3.63, 3.8) is 0 Å². The minimum absolute atomic E-state index is 0.0654. The Morgan fingerprint density at radius 1 is 1.32 bits per heavy atom. The molecule has 0 unspecified atom stereocenters. The summed E-state index contributed by atoms with van der Waals surface area (Å²) in [5.74, 6) is -0.442. The van der Waals surface area contributed by atoms with Gasteiger partial charge in [-0.2, -0.15) is 0 Å². The Hall–Kier alpha value is -1.66. The van der Waals surface area contributed by atoms with Gasteiger partial charge < -0.3 is 10.2 Å². The zero-order valence-electron chi connectivity index (χ0n) is 16.3. The molecule has 0 radical (unpaired) electrons. The third-order valence-corrected chi connectivity index (χ3v) is 7.31. The summed E-state index contributed by atoms with van der Waals surface area (Å²) in [5, 5.41) is 3.70. The summed E-state index contributed by atoms with van der Waals surface area (Å²) in [7, 11) is 0. The summed E-state index contributed by atoms with van der Waals surface area (Å²) in [6, 6.07) is 5.61. The van der Waals surface area contributed by atoms with Gasteiger partial charge in [0.05, 0.1) is 6.04 Å².